The first kappa shape index (κ1) is 18.7. The highest BCUT2D eigenvalue weighted by molar-refractivity contribution is 5.92. The number of methoxy groups -OCH3 is 2. The maximum Gasteiger partial charge on any atom is 0.162 e. The summed E-state index contributed by atoms with van der Waals surface area (Å²) in [6, 6.07) is 12.3. The zero-order valence-corrected chi connectivity index (χ0v) is 16.4. The second-order valence-corrected chi connectivity index (χ2v) is 6.38. The third-order valence-corrected chi connectivity index (χ3v) is 4.44. The van der Waals surface area contributed by atoms with Crippen LogP contribution in [0.2, 0.25) is 0 Å². The molecular weight excluding hydrogens is 338 g/mol. The van der Waals surface area contributed by atoms with Gasteiger partial charge in [-0.25, -0.2) is 9.97 Å². The number of rotatable bonds is 6. The Morgan fingerprint density at radius 1 is 1.04 bits per heavy atom. The molecule has 0 radical (unpaired) electrons. The van der Waals surface area contributed by atoms with Crippen molar-refractivity contribution in [1.29, 1.82) is 0 Å². The monoisotopic (exact) mass is 363 g/mol. The van der Waals surface area contributed by atoms with E-state index in [4.69, 9.17) is 9.47 Å². The summed E-state index contributed by atoms with van der Waals surface area (Å²) in [7, 11) is 3.25. The maximum absolute atomic E-state index is 5.45. The Morgan fingerprint density at radius 3 is 2.48 bits per heavy atom. The molecule has 1 atom stereocenters. The normalized spacial score (nSPS) is 12.3. The highest BCUT2D eigenvalue weighted by Gasteiger charge is 2.14. The first-order chi connectivity index (χ1) is 13.0. The third-order valence-electron chi connectivity index (χ3n) is 4.44. The molecule has 1 heterocycles. The van der Waals surface area contributed by atoms with E-state index in [1.54, 1.807) is 14.2 Å². The lowest BCUT2D eigenvalue weighted by Gasteiger charge is -2.18. The van der Waals surface area contributed by atoms with Crippen LogP contribution in [0, 0.1) is 6.92 Å². The van der Waals surface area contributed by atoms with Crippen molar-refractivity contribution in [2.45, 2.75) is 26.8 Å². The second kappa shape index (κ2) is 8.08. The van der Waals surface area contributed by atoms with E-state index in [1.807, 2.05) is 32.1 Å². The number of aromatic nitrogens is 2. The molecule has 140 valence electrons. The van der Waals surface area contributed by atoms with Gasteiger partial charge < -0.3 is 14.8 Å². The molecule has 0 aliphatic rings. The van der Waals surface area contributed by atoms with Crippen molar-refractivity contribution in [3.63, 3.8) is 0 Å². The predicted octanol–water partition coefficient (Wildman–Crippen LogP) is 5.16. The highest BCUT2D eigenvalue weighted by Crippen LogP contribution is 2.35. The molecule has 3 rings (SSSR count). The summed E-state index contributed by atoms with van der Waals surface area (Å²) in [5.41, 5.74) is 3.19. The van der Waals surface area contributed by atoms with Crippen LogP contribution < -0.4 is 14.8 Å². The molecule has 5 nitrogen and oxygen atoms in total. The molecule has 27 heavy (non-hydrogen) atoms. The number of allylic oxidation sites excluding steroid dienone is 1. The molecule has 0 saturated carbocycles. The predicted molar refractivity (Wildman–Crippen MR) is 111 cm³/mol. The van der Waals surface area contributed by atoms with Crippen LogP contribution in [0.5, 0.6) is 11.5 Å². The highest BCUT2D eigenvalue weighted by atomic mass is 16.5. The van der Waals surface area contributed by atoms with E-state index in [9.17, 15) is 0 Å². The van der Waals surface area contributed by atoms with E-state index in [-0.39, 0.29) is 6.04 Å². The smallest absolute Gasteiger partial charge is 0.162 e. The Kier molecular flexibility index (Phi) is 5.60. The molecule has 1 aromatic heterocycles. The second-order valence-electron chi connectivity index (χ2n) is 6.38. The minimum atomic E-state index is 0.0841. The lowest BCUT2D eigenvalue weighted by atomic mass is 10.0. The van der Waals surface area contributed by atoms with Gasteiger partial charge in [0.05, 0.1) is 19.7 Å². The van der Waals surface area contributed by atoms with Crippen molar-refractivity contribution in [2.24, 2.45) is 0 Å². The fourth-order valence-electron chi connectivity index (χ4n) is 3.09. The number of ether oxygens (including phenoxy) is 2. The van der Waals surface area contributed by atoms with Crippen molar-refractivity contribution in [2.75, 3.05) is 19.5 Å². The Morgan fingerprint density at radius 2 is 1.78 bits per heavy atom. The Labute approximate surface area is 160 Å². The largest absolute Gasteiger partial charge is 0.493 e. The van der Waals surface area contributed by atoms with Gasteiger partial charge in [0.1, 0.15) is 11.6 Å². The molecule has 0 aliphatic carbocycles. The Balaban J connectivity index is 2.02. The Hall–Kier alpha value is -3.08. The van der Waals surface area contributed by atoms with Gasteiger partial charge in [-0.1, -0.05) is 30.4 Å². The maximum atomic E-state index is 5.45. The van der Waals surface area contributed by atoms with Gasteiger partial charge in [0.2, 0.25) is 0 Å². The average molecular weight is 363 g/mol. The molecule has 0 aliphatic heterocycles. The summed E-state index contributed by atoms with van der Waals surface area (Å²) in [5.74, 6) is 2.79. The van der Waals surface area contributed by atoms with Crippen LogP contribution in [-0.2, 0) is 0 Å². The van der Waals surface area contributed by atoms with Crippen molar-refractivity contribution in [1.82, 2.24) is 9.97 Å². The number of fused-ring (bicyclic) bond motifs is 1. The Bertz CT molecular complexity index is 983. The zero-order valence-electron chi connectivity index (χ0n) is 16.4. The van der Waals surface area contributed by atoms with Crippen LogP contribution in [0.15, 0.2) is 42.5 Å². The van der Waals surface area contributed by atoms with Gasteiger partial charge in [0.25, 0.3) is 0 Å². The molecule has 0 bridgehead atoms. The molecule has 0 fully saturated rings. The fourth-order valence-corrected chi connectivity index (χ4v) is 3.09. The summed E-state index contributed by atoms with van der Waals surface area (Å²) in [6.45, 7) is 6.03. The summed E-state index contributed by atoms with van der Waals surface area (Å²) in [4.78, 5) is 9.17. The molecule has 3 aromatic rings. The van der Waals surface area contributed by atoms with Gasteiger partial charge in [0, 0.05) is 17.5 Å². The standard InChI is InChI=1S/C22H25N3O2/c1-6-8-16-9-7-10-17(11-16)14(2)23-22-18-12-20(26-4)21(27-5)13-19(18)24-15(3)25-22/h6-14H,1-5H3,(H,23,24,25)/b8-6+/t14-/m1/s1. The van der Waals surface area contributed by atoms with Crippen molar-refractivity contribution in [3.05, 3.63) is 59.4 Å². The quantitative estimate of drug-likeness (QED) is 0.655. The lowest BCUT2D eigenvalue weighted by molar-refractivity contribution is 0.356. The molecule has 5 heteroatoms. The van der Waals surface area contributed by atoms with Gasteiger partial charge in [0.15, 0.2) is 11.5 Å². The SMILES string of the molecule is C/C=C/c1cccc([C@@H](C)Nc2nc(C)nc3cc(OC)c(OC)cc23)c1. The average Bonchev–Trinajstić information content (AvgIpc) is 2.67. The molecular formula is C22H25N3O2. The molecule has 2 aromatic carbocycles. The van der Waals surface area contributed by atoms with E-state index in [1.165, 1.54) is 11.1 Å². The van der Waals surface area contributed by atoms with Crippen LogP contribution in [0.1, 0.15) is 36.8 Å². The van der Waals surface area contributed by atoms with E-state index in [2.05, 4.69) is 52.5 Å². The molecule has 1 N–H and O–H groups in total. The van der Waals surface area contributed by atoms with Gasteiger partial charge in [-0.2, -0.15) is 0 Å². The van der Waals surface area contributed by atoms with Gasteiger partial charge in [-0.05, 0) is 44.0 Å². The van der Waals surface area contributed by atoms with Gasteiger partial charge in [-0.3, -0.25) is 0 Å². The first-order valence-electron chi connectivity index (χ1n) is 8.95. The van der Waals surface area contributed by atoms with E-state index in [0.717, 1.165) is 16.7 Å². The summed E-state index contributed by atoms with van der Waals surface area (Å²) in [6.07, 6.45) is 4.13. The molecule has 0 saturated heterocycles. The van der Waals surface area contributed by atoms with Crippen LogP contribution >= 0.6 is 0 Å². The van der Waals surface area contributed by atoms with Crippen molar-refractivity contribution < 1.29 is 9.47 Å². The van der Waals surface area contributed by atoms with Crippen LogP contribution in [0.25, 0.3) is 17.0 Å². The van der Waals surface area contributed by atoms with Crippen LogP contribution in [-0.4, -0.2) is 24.2 Å². The van der Waals surface area contributed by atoms with Crippen molar-refractivity contribution >= 4 is 22.8 Å². The number of hydrogen-bond donors (Lipinski definition) is 1. The number of nitrogens with zero attached hydrogens (tertiary/aromatic N) is 2. The summed E-state index contributed by atoms with van der Waals surface area (Å²) < 4.78 is 10.8. The van der Waals surface area contributed by atoms with E-state index in [0.29, 0.717) is 17.3 Å². The van der Waals surface area contributed by atoms with Crippen molar-refractivity contribution in [3.8, 4) is 11.5 Å². The lowest BCUT2D eigenvalue weighted by Crippen LogP contribution is -2.10. The molecule has 0 amide bonds. The van der Waals surface area contributed by atoms with E-state index >= 15 is 0 Å². The first-order valence-corrected chi connectivity index (χ1v) is 8.95. The number of benzene rings is 2. The van der Waals surface area contributed by atoms with Crippen LogP contribution in [0.4, 0.5) is 5.82 Å². The van der Waals surface area contributed by atoms with E-state index < -0.39 is 0 Å². The molecule has 0 unspecified atom stereocenters. The fraction of sp³-hybridized carbons (Fsp3) is 0.273. The topological polar surface area (TPSA) is 56.3 Å². The minimum absolute atomic E-state index is 0.0841. The van der Waals surface area contributed by atoms with Gasteiger partial charge >= 0.3 is 0 Å². The van der Waals surface area contributed by atoms with Gasteiger partial charge in [-0.15, -0.1) is 0 Å². The minimum Gasteiger partial charge on any atom is -0.493 e. The van der Waals surface area contributed by atoms with Crippen LogP contribution in [0.3, 0.4) is 0 Å². The zero-order chi connectivity index (χ0) is 19.4. The number of nitrogens with one attached hydrogen (secondary N) is 1. The molecule has 0 spiro atoms. The number of anilines is 1. The summed E-state index contributed by atoms with van der Waals surface area (Å²) in [5, 5.41) is 4.43. The summed E-state index contributed by atoms with van der Waals surface area (Å²) >= 11 is 0. The third kappa shape index (κ3) is 4.03. The number of hydrogen-bond acceptors (Lipinski definition) is 5. The number of aryl methyl sites for hydroxylation is 1.